The molecule has 0 unspecified atom stereocenters. The Labute approximate surface area is 164 Å². The van der Waals surface area contributed by atoms with E-state index in [0.717, 1.165) is 43.0 Å². The number of urea groups is 1. The Morgan fingerprint density at radius 1 is 1.15 bits per heavy atom. The number of piperidine rings is 1. The first-order valence-corrected chi connectivity index (χ1v) is 10.7. The smallest absolute Gasteiger partial charge is 0.321 e. The SMILES string of the molecule is CC1CCN(c2nnc(SCC(=O)NC(=O)NC(C)(C)C)n2C2CC2)CC1. The highest BCUT2D eigenvalue weighted by Crippen LogP contribution is 2.41. The maximum atomic E-state index is 12.1. The fraction of sp³-hybridized carbons (Fsp3) is 0.778. The summed E-state index contributed by atoms with van der Waals surface area (Å²) in [6.07, 6.45) is 4.60. The summed E-state index contributed by atoms with van der Waals surface area (Å²) in [6, 6.07) is -0.0380. The van der Waals surface area contributed by atoms with Crippen LogP contribution in [0.2, 0.25) is 0 Å². The Kier molecular flexibility index (Phi) is 5.98. The molecule has 1 aliphatic carbocycles. The van der Waals surface area contributed by atoms with Gasteiger partial charge in [-0.05, 0) is 52.4 Å². The monoisotopic (exact) mass is 394 g/mol. The van der Waals surface area contributed by atoms with Gasteiger partial charge in [0, 0.05) is 24.7 Å². The normalized spacial score (nSPS) is 18.4. The van der Waals surface area contributed by atoms with E-state index in [1.54, 1.807) is 0 Å². The topological polar surface area (TPSA) is 92.2 Å². The van der Waals surface area contributed by atoms with Crippen LogP contribution in [0.3, 0.4) is 0 Å². The molecule has 9 heteroatoms. The Bertz CT molecular complexity index is 687. The molecule has 1 aromatic heterocycles. The van der Waals surface area contributed by atoms with E-state index < -0.39 is 6.03 Å². The van der Waals surface area contributed by atoms with Crippen LogP contribution in [0.15, 0.2) is 5.16 Å². The molecule has 0 aromatic carbocycles. The molecule has 3 amide bonds. The third kappa shape index (κ3) is 5.60. The van der Waals surface area contributed by atoms with E-state index in [-0.39, 0.29) is 17.2 Å². The summed E-state index contributed by atoms with van der Waals surface area (Å²) in [7, 11) is 0. The van der Waals surface area contributed by atoms with Crippen molar-refractivity contribution in [2.75, 3.05) is 23.7 Å². The highest BCUT2D eigenvalue weighted by atomic mass is 32.2. The van der Waals surface area contributed by atoms with Crippen LogP contribution in [0.4, 0.5) is 10.7 Å². The van der Waals surface area contributed by atoms with Crippen LogP contribution < -0.4 is 15.5 Å². The van der Waals surface area contributed by atoms with E-state index >= 15 is 0 Å². The van der Waals surface area contributed by atoms with E-state index in [9.17, 15) is 9.59 Å². The predicted molar refractivity (Wildman–Crippen MR) is 106 cm³/mol. The van der Waals surface area contributed by atoms with Crippen molar-refractivity contribution in [2.24, 2.45) is 5.92 Å². The minimum atomic E-state index is -0.472. The molecule has 0 radical (unpaired) electrons. The van der Waals surface area contributed by atoms with Crippen molar-refractivity contribution in [1.82, 2.24) is 25.4 Å². The van der Waals surface area contributed by atoms with Gasteiger partial charge in [0.25, 0.3) is 0 Å². The number of amides is 3. The van der Waals surface area contributed by atoms with Gasteiger partial charge in [0.2, 0.25) is 11.9 Å². The van der Waals surface area contributed by atoms with Gasteiger partial charge in [0.15, 0.2) is 5.16 Å². The fourth-order valence-electron chi connectivity index (χ4n) is 3.11. The lowest BCUT2D eigenvalue weighted by molar-refractivity contribution is -0.117. The second kappa shape index (κ2) is 8.08. The van der Waals surface area contributed by atoms with Gasteiger partial charge in [-0.25, -0.2) is 4.79 Å². The highest BCUT2D eigenvalue weighted by Gasteiger charge is 2.32. The zero-order chi connectivity index (χ0) is 19.6. The van der Waals surface area contributed by atoms with Gasteiger partial charge in [0.05, 0.1) is 5.75 Å². The Morgan fingerprint density at radius 2 is 1.81 bits per heavy atom. The summed E-state index contributed by atoms with van der Waals surface area (Å²) in [5, 5.41) is 14.6. The lowest BCUT2D eigenvalue weighted by Crippen LogP contribution is -2.48. The van der Waals surface area contributed by atoms with Crippen molar-refractivity contribution in [1.29, 1.82) is 0 Å². The number of nitrogens with zero attached hydrogens (tertiary/aromatic N) is 4. The minimum absolute atomic E-state index is 0.138. The number of thioether (sulfide) groups is 1. The molecule has 0 spiro atoms. The number of aromatic nitrogens is 3. The highest BCUT2D eigenvalue weighted by molar-refractivity contribution is 7.99. The average molecular weight is 395 g/mol. The molecule has 1 aliphatic heterocycles. The number of hydrogen-bond acceptors (Lipinski definition) is 6. The molecule has 2 N–H and O–H groups in total. The van der Waals surface area contributed by atoms with Crippen LogP contribution in [0.1, 0.15) is 59.4 Å². The van der Waals surface area contributed by atoms with Gasteiger partial charge in [-0.2, -0.15) is 0 Å². The van der Waals surface area contributed by atoms with E-state index in [1.807, 2.05) is 20.8 Å². The standard InChI is InChI=1S/C18H30N6O2S/c1-12-7-9-23(10-8-12)16-21-22-17(24(16)13-5-6-13)27-11-14(25)19-15(26)20-18(2,3)4/h12-13H,5-11H2,1-4H3,(H2,19,20,25,26). The molecule has 2 fully saturated rings. The number of anilines is 1. The van der Waals surface area contributed by atoms with Crippen molar-refractivity contribution in [3.8, 4) is 0 Å². The number of imide groups is 1. The predicted octanol–water partition coefficient (Wildman–Crippen LogP) is 2.57. The summed E-state index contributed by atoms with van der Waals surface area (Å²) in [5.74, 6) is 1.49. The first kappa shape index (κ1) is 20.0. The van der Waals surface area contributed by atoms with Crippen molar-refractivity contribution < 1.29 is 9.59 Å². The van der Waals surface area contributed by atoms with Gasteiger partial charge in [0.1, 0.15) is 0 Å². The fourth-order valence-corrected chi connectivity index (χ4v) is 3.91. The van der Waals surface area contributed by atoms with Crippen LogP contribution >= 0.6 is 11.8 Å². The molecule has 150 valence electrons. The largest absolute Gasteiger partial charge is 0.341 e. The van der Waals surface area contributed by atoms with Gasteiger partial charge in [-0.15, -0.1) is 10.2 Å². The van der Waals surface area contributed by atoms with Crippen molar-refractivity contribution in [2.45, 2.75) is 70.1 Å². The van der Waals surface area contributed by atoms with Crippen LogP contribution in [0, 0.1) is 5.92 Å². The molecule has 3 rings (SSSR count). The van der Waals surface area contributed by atoms with E-state index in [2.05, 4.69) is 37.2 Å². The van der Waals surface area contributed by atoms with Crippen molar-refractivity contribution in [3.63, 3.8) is 0 Å². The maximum absolute atomic E-state index is 12.1. The Hall–Kier alpha value is -1.77. The zero-order valence-electron chi connectivity index (χ0n) is 16.6. The molecule has 1 saturated heterocycles. The third-order valence-electron chi connectivity index (χ3n) is 4.70. The Morgan fingerprint density at radius 3 is 2.41 bits per heavy atom. The molecular formula is C18H30N6O2S. The van der Waals surface area contributed by atoms with Gasteiger partial charge in [-0.3, -0.25) is 14.7 Å². The zero-order valence-corrected chi connectivity index (χ0v) is 17.4. The molecule has 1 saturated carbocycles. The lowest BCUT2D eigenvalue weighted by Gasteiger charge is -2.31. The molecule has 0 bridgehead atoms. The second-order valence-electron chi connectivity index (χ2n) is 8.59. The van der Waals surface area contributed by atoms with E-state index in [4.69, 9.17) is 0 Å². The molecule has 27 heavy (non-hydrogen) atoms. The van der Waals surface area contributed by atoms with Crippen LogP contribution in [0.5, 0.6) is 0 Å². The Balaban J connectivity index is 1.59. The van der Waals surface area contributed by atoms with Crippen molar-refractivity contribution >= 4 is 29.6 Å². The second-order valence-corrected chi connectivity index (χ2v) is 9.54. The number of carbonyl (C=O) groups is 2. The molecule has 0 atom stereocenters. The minimum Gasteiger partial charge on any atom is -0.341 e. The number of nitrogens with one attached hydrogen (secondary N) is 2. The molecule has 2 heterocycles. The summed E-state index contributed by atoms with van der Waals surface area (Å²) < 4.78 is 2.18. The first-order valence-electron chi connectivity index (χ1n) is 9.67. The number of rotatable bonds is 5. The molecule has 1 aromatic rings. The summed E-state index contributed by atoms with van der Waals surface area (Å²) in [6.45, 7) is 9.90. The summed E-state index contributed by atoms with van der Waals surface area (Å²) >= 11 is 1.34. The lowest BCUT2D eigenvalue weighted by atomic mass is 10.00. The van der Waals surface area contributed by atoms with Crippen LogP contribution in [-0.2, 0) is 4.79 Å². The quantitative estimate of drug-likeness (QED) is 0.746. The van der Waals surface area contributed by atoms with Crippen molar-refractivity contribution in [3.05, 3.63) is 0 Å². The van der Waals surface area contributed by atoms with Gasteiger partial charge in [-0.1, -0.05) is 18.7 Å². The molecular weight excluding hydrogens is 364 g/mol. The van der Waals surface area contributed by atoms with Crippen LogP contribution in [-0.4, -0.2) is 51.1 Å². The first-order chi connectivity index (χ1) is 12.7. The van der Waals surface area contributed by atoms with Gasteiger partial charge >= 0.3 is 6.03 Å². The third-order valence-corrected chi connectivity index (χ3v) is 5.64. The molecule has 8 nitrogen and oxygen atoms in total. The summed E-state index contributed by atoms with van der Waals surface area (Å²) in [4.78, 5) is 26.2. The molecule has 2 aliphatic rings. The number of hydrogen-bond donors (Lipinski definition) is 2. The van der Waals surface area contributed by atoms with E-state index in [0.29, 0.717) is 6.04 Å². The number of carbonyl (C=O) groups excluding carboxylic acids is 2. The summed E-state index contributed by atoms with van der Waals surface area (Å²) in [5.41, 5.74) is -0.384. The maximum Gasteiger partial charge on any atom is 0.321 e. The van der Waals surface area contributed by atoms with Crippen LogP contribution in [0.25, 0.3) is 0 Å². The van der Waals surface area contributed by atoms with Gasteiger partial charge < -0.3 is 10.2 Å². The van der Waals surface area contributed by atoms with E-state index in [1.165, 1.54) is 24.6 Å². The average Bonchev–Trinajstić information content (AvgIpc) is 3.31.